The number of amides is 1. The third kappa shape index (κ3) is 4.08. The molecule has 10 heteroatoms. The number of hydrogen-bond donors (Lipinski definition) is 1. The number of aliphatic hydroxyl groups excluding tert-OH is 1. The first-order valence-electron chi connectivity index (χ1n) is 10.7. The predicted molar refractivity (Wildman–Crippen MR) is 121 cm³/mol. The molecule has 4 heterocycles. The molecule has 1 aromatic carbocycles. The van der Waals surface area contributed by atoms with Crippen molar-refractivity contribution < 1.29 is 14.4 Å². The van der Waals surface area contributed by atoms with Gasteiger partial charge >= 0.3 is 0 Å². The van der Waals surface area contributed by atoms with Crippen molar-refractivity contribution in [3.8, 4) is 11.3 Å². The van der Waals surface area contributed by atoms with Crippen molar-refractivity contribution in [2.45, 2.75) is 6.54 Å². The lowest BCUT2D eigenvalue weighted by Gasteiger charge is -2.35. The fraction of sp³-hybridized carbons (Fsp3) is 0.261. The largest absolute Gasteiger partial charge is 0.395 e. The molecule has 1 aliphatic heterocycles. The quantitative estimate of drug-likeness (QED) is 0.489. The molecule has 1 saturated heterocycles. The van der Waals surface area contributed by atoms with E-state index in [1.54, 1.807) is 35.5 Å². The molecular formula is C23H22N6O4. The Bertz CT molecular complexity index is 1340. The minimum Gasteiger partial charge on any atom is -0.395 e. The van der Waals surface area contributed by atoms with Crippen LogP contribution in [0.3, 0.4) is 0 Å². The first-order valence-corrected chi connectivity index (χ1v) is 10.7. The fourth-order valence-corrected chi connectivity index (χ4v) is 3.96. The van der Waals surface area contributed by atoms with E-state index in [4.69, 9.17) is 9.63 Å². The van der Waals surface area contributed by atoms with Gasteiger partial charge in [-0.1, -0.05) is 5.16 Å². The molecule has 168 valence electrons. The first kappa shape index (κ1) is 20.8. The van der Waals surface area contributed by atoms with Crippen LogP contribution < -0.4 is 10.5 Å². The fourth-order valence-electron chi connectivity index (χ4n) is 3.96. The van der Waals surface area contributed by atoms with E-state index in [9.17, 15) is 9.59 Å². The molecule has 5 rings (SSSR count). The van der Waals surface area contributed by atoms with Crippen molar-refractivity contribution in [1.82, 2.24) is 24.6 Å². The standard InChI is InChI=1S/C23H22N6O4/c30-11-10-29-15-25-19-12-17(3-4-18(19)22(29)31)27-6-8-28(9-7-27)23(32)20-13-21(33-26-20)16-2-1-5-24-14-16/h1-5,12-15,30H,6-11H2. The molecule has 0 radical (unpaired) electrons. The van der Waals surface area contributed by atoms with Crippen LogP contribution in [0.5, 0.6) is 0 Å². The number of benzene rings is 1. The molecule has 0 atom stereocenters. The Morgan fingerprint density at radius 2 is 1.97 bits per heavy atom. The number of aliphatic hydroxyl groups is 1. The van der Waals surface area contributed by atoms with Gasteiger partial charge in [-0.25, -0.2) is 4.98 Å². The van der Waals surface area contributed by atoms with Crippen molar-refractivity contribution in [2.75, 3.05) is 37.7 Å². The van der Waals surface area contributed by atoms with Crippen LogP contribution in [-0.2, 0) is 6.54 Å². The maximum absolute atomic E-state index is 12.9. The van der Waals surface area contributed by atoms with Crippen LogP contribution >= 0.6 is 0 Å². The predicted octanol–water partition coefficient (Wildman–Crippen LogP) is 1.40. The Balaban J connectivity index is 1.27. The van der Waals surface area contributed by atoms with E-state index >= 15 is 0 Å². The van der Waals surface area contributed by atoms with Gasteiger partial charge in [-0.3, -0.25) is 19.1 Å². The summed E-state index contributed by atoms with van der Waals surface area (Å²) in [4.78, 5) is 37.7. The van der Waals surface area contributed by atoms with Gasteiger partial charge in [-0.2, -0.15) is 0 Å². The van der Waals surface area contributed by atoms with Crippen LogP contribution in [-0.4, -0.2) is 68.4 Å². The zero-order valence-electron chi connectivity index (χ0n) is 17.8. The number of piperazine rings is 1. The molecule has 10 nitrogen and oxygen atoms in total. The topological polar surface area (TPSA) is 118 Å². The molecule has 1 amide bonds. The Morgan fingerprint density at radius 3 is 2.73 bits per heavy atom. The number of nitrogens with zero attached hydrogens (tertiary/aromatic N) is 6. The average Bonchev–Trinajstić information content (AvgIpc) is 3.36. The van der Waals surface area contributed by atoms with Crippen molar-refractivity contribution in [2.24, 2.45) is 0 Å². The van der Waals surface area contributed by atoms with Crippen molar-refractivity contribution in [3.05, 3.63) is 71.2 Å². The highest BCUT2D eigenvalue weighted by molar-refractivity contribution is 5.93. The van der Waals surface area contributed by atoms with Crippen LogP contribution in [0.4, 0.5) is 5.69 Å². The molecule has 0 bridgehead atoms. The summed E-state index contributed by atoms with van der Waals surface area (Å²) >= 11 is 0. The molecule has 3 aromatic heterocycles. The van der Waals surface area contributed by atoms with Crippen LogP contribution in [0.2, 0.25) is 0 Å². The van der Waals surface area contributed by atoms with Crippen molar-refractivity contribution in [3.63, 3.8) is 0 Å². The van der Waals surface area contributed by atoms with Gasteiger partial charge < -0.3 is 19.4 Å². The second-order valence-corrected chi connectivity index (χ2v) is 7.77. The van der Waals surface area contributed by atoms with E-state index in [1.807, 2.05) is 18.2 Å². The second kappa shape index (κ2) is 8.83. The van der Waals surface area contributed by atoms with E-state index < -0.39 is 0 Å². The minimum absolute atomic E-state index is 0.118. The van der Waals surface area contributed by atoms with Crippen molar-refractivity contribution >= 4 is 22.5 Å². The smallest absolute Gasteiger partial charge is 0.276 e. The van der Waals surface area contributed by atoms with E-state index in [2.05, 4.69) is 20.0 Å². The molecule has 1 fully saturated rings. The third-order valence-corrected chi connectivity index (χ3v) is 5.76. The number of pyridine rings is 1. The van der Waals surface area contributed by atoms with Crippen LogP contribution in [0, 0.1) is 0 Å². The molecule has 1 N–H and O–H groups in total. The highest BCUT2D eigenvalue weighted by Gasteiger charge is 2.25. The number of aromatic nitrogens is 4. The summed E-state index contributed by atoms with van der Waals surface area (Å²) in [6, 6.07) is 10.8. The first-order chi connectivity index (χ1) is 16.1. The second-order valence-electron chi connectivity index (χ2n) is 7.77. The summed E-state index contributed by atoms with van der Waals surface area (Å²) in [6.07, 6.45) is 4.79. The average molecular weight is 446 g/mol. The van der Waals surface area contributed by atoms with Gasteiger partial charge in [-0.05, 0) is 30.3 Å². The maximum atomic E-state index is 12.9. The van der Waals surface area contributed by atoms with Crippen LogP contribution in [0.25, 0.3) is 22.2 Å². The van der Waals surface area contributed by atoms with E-state index in [1.165, 1.54) is 10.9 Å². The zero-order valence-corrected chi connectivity index (χ0v) is 17.8. The summed E-state index contributed by atoms with van der Waals surface area (Å²) in [6.45, 7) is 2.47. The number of fused-ring (bicyclic) bond motifs is 1. The molecule has 0 unspecified atom stereocenters. The van der Waals surface area contributed by atoms with Crippen LogP contribution in [0.15, 0.2) is 64.4 Å². The SMILES string of the molecule is O=C(c1cc(-c2cccnc2)on1)N1CCN(c2ccc3c(=O)n(CCO)cnc3c2)CC1. The Kier molecular flexibility index (Phi) is 5.57. The summed E-state index contributed by atoms with van der Waals surface area (Å²) < 4.78 is 6.73. The lowest BCUT2D eigenvalue weighted by atomic mass is 10.1. The monoisotopic (exact) mass is 446 g/mol. The summed E-state index contributed by atoms with van der Waals surface area (Å²) in [5.41, 5.74) is 2.42. The van der Waals surface area contributed by atoms with E-state index in [-0.39, 0.29) is 30.3 Å². The number of carbonyl (C=O) groups excluding carboxylic acids is 1. The Hall–Kier alpha value is -4.05. The third-order valence-electron chi connectivity index (χ3n) is 5.76. The molecule has 1 aliphatic rings. The van der Waals surface area contributed by atoms with Crippen LogP contribution in [0.1, 0.15) is 10.5 Å². The summed E-state index contributed by atoms with van der Waals surface area (Å²) in [5.74, 6) is 0.338. The number of hydrogen-bond acceptors (Lipinski definition) is 8. The van der Waals surface area contributed by atoms with Gasteiger partial charge in [0.1, 0.15) is 0 Å². The van der Waals surface area contributed by atoms with Gasteiger partial charge in [0.2, 0.25) is 0 Å². The summed E-state index contributed by atoms with van der Waals surface area (Å²) in [7, 11) is 0. The lowest BCUT2D eigenvalue weighted by molar-refractivity contribution is 0.0736. The molecular weight excluding hydrogens is 424 g/mol. The lowest BCUT2D eigenvalue weighted by Crippen LogP contribution is -2.48. The molecule has 0 aliphatic carbocycles. The number of rotatable bonds is 5. The maximum Gasteiger partial charge on any atom is 0.276 e. The molecule has 4 aromatic rings. The van der Waals surface area contributed by atoms with Gasteiger partial charge in [-0.15, -0.1) is 0 Å². The normalized spacial score (nSPS) is 14.1. The molecule has 0 saturated carbocycles. The number of carbonyl (C=O) groups is 1. The highest BCUT2D eigenvalue weighted by atomic mass is 16.5. The molecule has 0 spiro atoms. The summed E-state index contributed by atoms with van der Waals surface area (Å²) in [5, 5.41) is 13.5. The van der Waals surface area contributed by atoms with Gasteiger partial charge in [0.15, 0.2) is 11.5 Å². The van der Waals surface area contributed by atoms with Crippen molar-refractivity contribution in [1.29, 1.82) is 0 Å². The van der Waals surface area contributed by atoms with Gasteiger partial charge in [0.05, 0.1) is 30.4 Å². The Labute approximate surface area is 188 Å². The van der Waals surface area contributed by atoms with E-state index in [0.717, 1.165) is 11.3 Å². The highest BCUT2D eigenvalue weighted by Crippen LogP contribution is 2.23. The number of anilines is 1. The minimum atomic E-state index is -0.172. The Morgan fingerprint density at radius 1 is 1.12 bits per heavy atom. The molecule has 33 heavy (non-hydrogen) atoms. The van der Waals surface area contributed by atoms with E-state index in [0.29, 0.717) is 42.8 Å². The van der Waals surface area contributed by atoms with Gasteiger partial charge in [0.25, 0.3) is 11.5 Å². The zero-order chi connectivity index (χ0) is 22.8. The van der Waals surface area contributed by atoms with Gasteiger partial charge in [0, 0.05) is 55.9 Å².